The number of nitro benzene ring substituents is 1. The fraction of sp³-hybridized carbons (Fsp3) is 0.500. The molecule has 1 unspecified atom stereocenters. The van der Waals surface area contributed by atoms with Crippen molar-refractivity contribution < 1.29 is 18.1 Å². The SMILES string of the molecule is COc1ccc([N+](=O)[O-])cc1S(=O)(=O)N(C)C1CCNC1.Cl. The van der Waals surface area contributed by atoms with Crippen molar-refractivity contribution in [3.8, 4) is 5.75 Å². The van der Waals surface area contributed by atoms with Gasteiger partial charge in [0.1, 0.15) is 10.6 Å². The molecule has 0 radical (unpaired) electrons. The Morgan fingerprint density at radius 2 is 2.14 bits per heavy atom. The zero-order chi connectivity index (χ0) is 15.6. The van der Waals surface area contributed by atoms with Crippen molar-refractivity contribution in [2.24, 2.45) is 0 Å². The third kappa shape index (κ3) is 3.49. The van der Waals surface area contributed by atoms with Gasteiger partial charge in [-0.2, -0.15) is 4.31 Å². The van der Waals surface area contributed by atoms with E-state index in [4.69, 9.17) is 4.74 Å². The number of halogens is 1. The summed E-state index contributed by atoms with van der Waals surface area (Å²) in [6.45, 7) is 1.31. The molecule has 1 aromatic carbocycles. The lowest BCUT2D eigenvalue weighted by Gasteiger charge is -2.23. The molecule has 1 N–H and O–H groups in total. The number of non-ortho nitro benzene ring substituents is 1. The maximum absolute atomic E-state index is 12.7. The molecule has 1 aliphatic rings. The van der Waals surface area contributed by atoms with Gasteiger partial charge in [-0.25, -0.2) is 8.42 Å². The fourth-order valence-electron chi connectivity index (χ4n) is 2.28. The van der Waals surface area contributed by atoms with Gasteiger partial charge in [0.15, 0.2) is 0 Å². The van der Waals surface area contributed by atoms with Crippen LogP contribution in [0.2, 0.25) is 0 Å². The number of hydrogen-bond donors (Lipinski definition) is 1. The van der Waals surface area contributed by atoms with E-state index in [1.165, 1.54) is 30.6 Å². The molecule has 8 nitrogen and oxygen atoms in total. The quantitative estimate of drug-likeness (QED) is 0.627. The standard InChI is InChI=1S/C12H17N3O5S.ClH/c1-14(10-5-6-13-8-10)21(18,19)12-7-9(15(16)17)3-4-11(12)20-2;/h3-4,7,10,13H,5-6,8H2,1-2H3;1H. The molecular weight excluding hydrogens is 334 g/mol. The van der Waals surface area contributed by atoms with Gasteiger partial charge in [0, 0.05) is 31.8 Å². The Morgan fingerprint density at radius 1 is 1.45 bits per heavy atom. The van der Waals surface area contributed by atoms with Crippen molar-refractivity contribution in [2.45, 2.75) is 17.4 Å². The molecule has 1 fully saturated rings. The molecule has 1 heterocycles. The van der Waals surface area contributed by atoms with Crippen LogP contribution in [-0.4, -0.2) is 50.9 Å². The number of nitro groups is 1. The maximum atomic E-state index is 12.7. The second kappa shape index (κ2) is 7.23. The van der Waals surface area contributed by atoms with Gasteiger partial charge in [-0.3, -0.25) is 10.1 Å². The largest absolute Gasteiger partial charge is 0.495 e. The molecule has 124 valence electrons. The summed E-state index contributed by atoms with van der Waals surface area (Å²) in [5.74, 6) is 0.0957. The second-order valence-electron chi connectivity index (χ2n) is 4.76. The van der Waals surface area contributed by atoms with Crippen LogP contribution in [0.4, 0.5) is 5.69 Å². The Kier molecular flexibility index (Phi) is 6.12. The highest BCUT2D eigenvalue weighted by Crippen LogP contribution is 2.31. The molecule has 0 spiro atoms. The van der Waals surface area contributed by atoms with Crippen molar-refractivity contribution >= 4 is 28.1 Å². The third-order valence-corrected chi connectivity index (χ3v) is 5.49. The van der Waals surface area contributed by atoms with Crippen LogP contribution in [-0.2, 0) is 10.0 Å². The van der Waals surface area contributed by atoms with Crippen LogP contribution in [0.5, 0.6) is 5.75 Å². The zero-order valence-electron chi connectivity index (χ0n) is 12.2. The molecule has 0 bridgehead atoms. The summed E-state index contributed by atoms with van der Waals surface area (Å²) in [7, 11) is -1.05. The maximum Gasteiger partial charge on any atom is 0.271 e. The number of methoxy groups -OCH3 is 1. The molecule has 0 amide bonds. The molecule has 10 heteroatoms. The zero-order valence-corrected chi connectivity index (χ0v) is 13.8. The highest BCUT2D eigenvalue weighted by molar-refractivity contribution is 7.89. The minimum atomic E-state index is -3.86. The minimum Gasteiger partial charge on any atom is -0.495 e. The summed E-state index contributed by atoms with van der Waals surface area (Å²) in [6.07, 6.45) is 0.701. The molecular formula is C12H18ClN3O5S. The Morgan fingerprint density at radius 3 is 2.64 bits per heavy atom. The van der Waals surface area contributed by atoms with Gasteiger partial charge in [0.25, 0.3) is 5.69 Å². The summed E-state index contributed by atoms with van der Waals surface area (Å²) in [5, 5.41) is 13.9. The first-order chi connectivity index (χ1) is 9.87. The Hall–Kier alpha value is -1.42. The first kappa shape index (κ1) is 18.6. The number of rotatable bonds is 5. The van der Waals surface area contributed by atoms with Gasteiger partial charge in [-0.05, 0) is 19.0 Å². The van der Waals surface area contributed by atoms with Crippen molar-refractivity contribution in [1.82, 2.24) is 9.62 Å². The Labute approximate surface area is 135 Å². The van der Waals surface area contributed by atoms with Crippen molar-refractivity contribution in [2.75, 3.05) is 27.2 Å². The van der Waals surface area contributed by atoms with Crippen LogP contribution in [0, 0.1) is 10.1 Å². The normalized spacial score (nSPS) is 18.0. The minimum absolute atomic E-state index is 0. The van der Waals surface area contributed by atoms with Gasteiger partial charge in [0.2, 0.25) is 10.0 Å². The van der Waals surface area contributed by atoms with Gasteiger partial charge >= 0.3 is 0 Å². The molecule has 22 heavy (non-hydrogen) atoms. The van der Waals surface area contributed by atoms with Crippen LogP contribution in [0.15, 0.2) is 23.1 Å². The number of nitrogens with zero attached hydrogens (tertiary/aromatic N) is 2. The van der Waals surface area contributed by atoms with Crippen LogP contribution >= 0.6 is 12.4 Å². The average Bonchev–Trinajstić information content (AvgIpc) is 2.99. The fourth-order valence-corrected chi connectivity index (χ4v) is 3.84. The molecule has 0 aromatic heterocycles. The van der Waals surface area contributed by atoms with E-state index in [0.29, 0.717) is 13.0 Å². The topological polar surface area (TPSA) is 102 Å². The number of benzene rings is 1. The van der Waals surface area contributed by atoms with Crippen molar-refractivity contribution in [1.29, 1.82) is 0 Å². The monoisotopic (exact) mass is 351 g/mol. The molecule has 1 aromatic rings. The summed E-state index contributed by atoms with van der Waals surface area (Å²) in [6, 6.07) is 3.38. The first-order valence-electron chi connectivity index (χ1n) is 6.39. The lowest BCUT2D eigenvalue weighted by molar-refractivity contribution is -0.385. The predicted molar refractivity (Wildman–Crippen MR) is 83.1 cm³/mol. The number of ether oxygens (including phenoxy) is 1. The molecule has 1 saturated heterocycles. The first-order valence-corrected chi connectivity index (χ1v) is 7.83. The van der Waals surface area contributed by atoms with Crippen LogP contribution < -0.4 is 10.1 Å². The Balaban J connectivity index is 0.00000242. The van der Waals surface area contributed by atoms with E-state index >= 15 is 0 Å². The van der Waals surface area contributed by atoms with Crippen molar-refractivity contribution in [3.05, 3.63) is 28.3 Å². The summed E-state index contributed by atoms with van der Waals surface area (Å²) in [5.41, 5.74) is -0.285. The van der Waals surface area contributed by atoms with E-state index in [0.717, 1.165) is 12.6 Å². The lowest BCUT2D eigenvalue weighted by atomic mass is 10.3. The van der Waals surface area contributed by atoms with Gasteiger partial charge in [-0.15, -0.1) is 12.4 Å². The number of sulfonamides is 1. The number of likely N-dealkylation sites (N-methyl/N-ethyl adjacent to an activating group) is 1. The van der Waals surface area contributed by atoms with E-state index in [9.17, 15) is 18.5 Å². The predicted octanol–water partition coefficient (Wildman–Crippen LogP) is 1.01. The van der Waals surface area contributed by atoms with E-state index in [2.05, 4.69) is 5.32 Å². The van der Waals surface area contributed by atoms with E-state index < -0.39 is 14.9 Å². The van der Waals surface area contributed by atoms with Gasteiger partial charge in [-0.1, -0.05) is 0 Å². The number of hydrogen-bond acceptors (Lipinski definition) is 6. The highest BCUT2D eigenvalue weighted by atomic mass is 35.5. The van der Waals surface area contributed by atoms with Gasteiger partial charge < -0.3 is 10.1 Å². The van der Waals surface area contributed by atoms with E-state index in [-0.39, 0.29) is 34.8 Å². The second-order valence-corrected chi connectivity index (χ2v) is 6.73. The summed E-state index contributed by atoms with van der Waals surface area (Å²) in [4.78, 5) is 10.0. The highest BCUT2D eigenvalue weighted by Gasteiger charge is 2.33. The summed E-state index contributed by atoms with van der Waals surface area (Å²) < 4.78 is 31.6. The summed E-state index contributed by atoms with van der Waals surface area (Å²) >= 11 is 0. The molecule has 2 rings (SSSR count). The molecule has 1 aliphatic heterocycles. The average molecular weight is 352 g/mol. The third-order valence-electron chi connectivity index (χ3n) is 3.56. The smallest absolute Gasteiger partial charge is 0.271 e. The van der Waals surface area contributed by atoms with Crippen LogP contribution in [0.1, 0.15) is 6.42 Å². The molecule has 0 aliphatic carbocycles. The van der Waals surface area contributed by atoms with Crippen molar-refractivity contribution in [3.63, 3.8) is 0 Å². The lowest BCUT2D eigenvalue weighted by Crippen LogP contribution is -2.38. The molecule has 1 atom stereocenters. The Bertz CT molecular complexity index is 646. The molecule has 0 saturated carbocycles. The van der Waals surface area contributed by atoms with Crippen LogP contribution in [0.25, 0.3) is 0 Å². The van der Waals surface area contributed by atoms with Gasteiger partial charge in [0.05, 0.1) is 12.0 Å². The number of nitrogens with one attached hydrogen (secondary N) is 1. The van der Waals surface area contributed by atoms with Crippen LogP contribution in [0.3, 0.4) is 0 Å². The van der Waals surface area contributed by atoms with E-state index in [1.54, 1.807) is 0 Å². The van der Waals surface area contributed by atoms with E-state index in [1.807, 2.05) is 0 Å².